The highest BCUT2D eigenvalue weighted by atomic mass is 35.5. The van der Waals surface area contributed by atoms with Crippen LogP contribution in [0.25, 0.3) is 0 Å². The molecule has 2 nitrogen and oxygen atoms in total. The van der Waals surface area contributed by atoms with Crippen molar-refractivity contribution < 1.29 is 9.13 Å². The van der Waals surface area contributed by atoms with Gasteiger partial charge < -0.3 is 10.5 Å². The average Bonchev–Trinajstić information content (AvgIpc) is 2.84. The van der Waals surface area contributed by atoms with Crippen LogP contribution in [0.2, 0.25) is 5.02 Å². The number of ether oxygens (including phenoxy) is 1. The van der Waals surface area contributed by atoms with Crippen LogP contribution in [0.4, 0.5) is 4.39 Å². The minimum absolute atomic E-state index is 0.0727. The van der Waals surface area contributed by atoms with E-state index in [4.69, 9.17) is 22.1 Å². The minimum Gasteiger partial charge on any atom is -0.374 e. The van der Waals surface area contributed by atoms with Crippen molar-refractivity contribution >= 4 is 11.6 Å². The van der Waals surface area contributed by atoms with Gasteiger partial charge in [0.15, 0.2) is 0 Å². The van der Waals surface area contributed by atoms with E-state index in [0.29, 0.717) is 13.0 Å². The summed E-state index contributed by atoms with van der Waals surface area (Å²) in [7, 11) is 0. The van der Waals surface area contributed by atoms with Crippen LogP contribution in [0.5, 0.6) is 0 Å². The minimum atomic E-state index is -0.389. The van der Waals surface area contributed by atoms with Gasteiger partial charge in [-0.15, -0.1) is 0 Å². The van der Waals surface area contributed by atoms with Gasteiger partial charge in [-0.2, -0.15) is 0 Å². The van der Waals surface area contributed by atoms with E-state index in [-0.39, 0.29) is 22.5 Å². The Morgan fingerprint density at radius 3 is 2.68 bits per heavy atom. The predicted octanol–water partition coefficient (Wildman–Crippen LogP) is 3.70. The first-order valence-corrected chi connectivity index (χ1v) is 7.28. The maximum Gasteiger partial charge on any atom is 0.141 e. The maximum atomic E-state index is 13.1. The van der Waals surface area contributed by atoms with Crippen molar-refractivity contribution in [2.45, 2.75) is 50.7 Å². The van der Waals surface area contributed by atoms with Crippen molar-refractivity contribution in [3.63, 3.8) is 0 Å². The summed E-state index contributed by atoms with van der Waals surface area (Å²) in [5, 5.41) is 0.154. The molecule has 1 aromatic rings. The van der Waals surface area contributed by atoms with E-state index >= 15 is 0 Å². The number of hydrogen-bond acceptors (Lipinski definition) is 2. The molecule has 19 heavy (non-hydrogen) atoms. The molecule has 2 rings (SSSR count). The second-order valence-electron chi connectivity index (χ2n) is 5.26. The third kappa shape index (κ3) is 3.28. The van der Waals surface area contributed by atoms with Crippen molar-refractivity contribution in [1.82, 2.24) is 0 Å². The van der Waals surface area contributed by atoms with Crippen LogP contribution < -0.4 is 5.73 Å². The van der Waals surface area contributed by atoms with Crippen LogP contribution >= 0.6 is 11.6 Å². The summed E-state index contributed by atoms with van der Waals surface area (Å²) in [5.74, 6) is -0.389. The van der Waals surface area contributed by atoms with E-state index < -0.39 is 0 Å². The van der Waals surface area contributed by atoms with Gasteiger partial charge in [0.05, 0.1) is 10.6 Å². The van der Waals surface area contributed by atoms with Crippen LogP contribution in [0.1, 0.15) is 38.2 Å². The van der Waals surface area contributed by atoms with Crippen molar-refractivity contribution in [3.05, 3.63) is 34.6 Å². The summed E-state index contributed by atoms with van der Waals surface area (Å²) in [6.45, 7) is 2.68. The molecule has 1 saturated carbocycles. The van der Waals surface area contributed by atoms with E-state index in [9.17, 15) is 4.39 Å². The number of halogens is 2. The van der Waals surface area contributed by atoms with E-state index in [1.54, 1.807) is 12.1 Å². The van der Waals surface area contributed by atoms with Crippen molar-refractivity contribution in [2.24, 2.45) is 5.73 Å². The van der Waals surface area contributed by atoms with Gasteiger partial charge in [-0.05, 0) is 43.9 Å². The lowest BCUT2D eigenvalue weighted by Gasteiger charge is -2.35. The monoisotopic (exact) mass is 285 g/mol. The molecule has 1 aromatic carbocycles. The molecule has 1 aliphatic rings. The lowest BCUT2D eigenvalue weighted by atomic mass is 9.88. The van der Waals surface area contributed by atoms with Gasteiger partial charge in [-0.1, -0.05) is 30.5 Å². The van der Waals surface area contributed by atoms with Gasteiger partial charge in [-0.25, -0.2) is 4.39 Å². The van der Waals surface area contributed by atoms with Gasteiger partial charge in [0, 0.05) is 12.6 Å². The highest BCUT2D eigenvalue weighted by Gasteiger charge is 2.40. The van der Waals surface area contributed by atoms with Gasteiger partial charge in [0.2, 0.25) is 0 Å². The normalized spacial score (nSPS) is 19.6. The quantitative estimate of drug-likeness (QED) is 0.895. The van der Waals surface area contributed by atoms with Crippen molar-refractivity contribution in [2.75, 3.05) is 6.61 Å². The smallest absolute Gasteiger partial charge is 0.141 e. The second kappa shape index (κ2) is 6.21. The largest absolute Gasteiger partial charge is 0.374 e. The summed E-state index contributed by atoms with van der Waals surface area (Å²) >= 11 is 5.81. The molecule has 0 aliphatic heterocycles. The fraction of sp³-hybridized carbons (Fsp3) is 0.600. The average molecular weight is 286 g/mol. The van der Waals surface area contributed by atoms with Crippen LogP contribution in [-0.4, -0.2) is 18.2 Å². The Balaban J connectivity index is 2.10. The third-order valence-electron chi connectivity index (χ3n) is 4.00. The van der Waals surface area contributed by atoms with E-state index in [1.165, 1.54) is 6.07 Å². The third-order valence-corrected chi connectivity index (χ3v) is 4.29. The first-order chi connectivity index (χ1) is 9.07. The van der Waals surface area contributed by atoms with Gasteiger partial charge in [-0.3, -0.25) is 0 Å². The molecule has 106 valence electrons. The Hall–Kier alpha value is -0.640. The molecular weight excluding hydrogens is 265 g/mol. The van der Waals surface area contributed by atoms with Gasteiger partial charge in [0.25, 0.3) is 0 Å². The van der Waals surface area contributed by atoms with Crippen molar-refractivity contribution in [1.29, 1.82) is 0 Å². The second-order valence-corrected chi connectivity index (χ2v) is 5.67. The number of benzene rings is 1. The molecule has 0 spiro atoms. The van der Waals surface area contributed by atoms with Crippen molar-refractivity contribution in [3.8, 4) is 0 Å². The zero-order valence-corrected chi connectivity index (χ0v) is 12.0. The van der Waals surface area contributed by atoms with Gasteiger partial charge >= 0.3 is 0 Å². The highest BCUT2D eigenvalue weighted by Crippen LogP contribution is 2.36. The molecular formula is C15H21ClFNO. The SMILES string of the molecule is CCOC1(C(N)Cc2ccc(F)c(Cl)c2)CCCC1. The Kier molecular flexibility index (Phi) is 4.82. The standard InChI is InChI=1S/C15H21ClFNO/c1-2-19-15(7-3-4-8-15)14(18)10-11-5-6-13(17)12(16)9-11/h5-6,9,14H,2-4,7-8,10,18H2,1H3. The Bertz CT molecular complexity index is 432. The molecule has 1 atom stereocenters. The van der Waals surface area contributed by atoms with E-state index in [2.05, 4.69) is 0 Å². The fourth-order valence-corrected chi connectivity index (χ4v) is 3.19. The molecule has 1 unspecified atom stereocenters. The predicted molar refractivity (Wildman–Crippen MR) is 75.9 cm³/mol. The lowest BCUT2D eigenvalue weighted by Crippen LogP contribution is -2.49. The number of nitrogens with two attached hydrogens (primary N) is 1. The first-order valence-electron chi connectivity index (χ1n) is 6.91. The number of rotatable bonds is 5. The molecule has 0 amide bonds. The fourth-order valence-electron chi connectivity index (χ4n) is 2.99. The summed E-state index contributed by atoms with van der Waals surface area (Å²) in [5.41, 5.74) is 7.11. The molecule has 1 fully saturated rings. The first kappa shape index (κ1) is 14.8. The Labute approximate surface area is 119 Å². The number of hydrogen-bond donors (Lipinski definition) is 1. The summed E-state index contributed by atoms with van der Waals surface area (Å²) < 4.78 is 19.1. The molecule has 0 bridgehead atoms. The van der Waals surface area contributed by atoms with Crippen LogP contribution in [0, 0.1) is 5.82 Å². The van der Waals surface area contributed by atoms with E-state index in [0.717, 1.165) is 31.2 Å². The summed E-state index contributed by atoms with van der Waals surface area (Å²) in [6, 6.07) is 4.73. The van der Waals surface area contributed by atoms with E-state index in [1.807, 2.05) is 6.92 Å². The highest BCUT2D eigenvalue weighted by molar-refractivity contribution is 6.30. The van der Waals surface area contributed by atoms with Crippen LogP contribution in [-0.2, 0) is 11.2 Å². The Morgan fingerprint density at radius 1 is 1.42 bits per heavy atom. The molecule has 1 aliphatic carbocycles. The van der Waals surface area contributed by atoms with Crippen LogP contribution in [0.15, 0.2) is 18.2 Å². The summed E-state index contributed by atoms with van der Waals surface area (Å²) in [6.07, 6.45) is 5.02. The maximum absolute atomic E-state index is 13.1. The Morgan fingerprint density at radius 2 is 2.11 bits per heavy atom. The molecule has 0 saturated heterocycles. The molecule has 0 radical (unpaired) electrons. The summed E-state index contributed by atoms with van der Waals surface area (Å²) in [4.78, 5) is 0. The lowest BCUT2D eigenvalue weighted by molar-refractivity contribution is -0.0524. The zero-order chi connectivity index (χ0) is 13.9. The molecule has 0 heterocycles. The molecule has 4 heteroatoms. The zero-order valence-electron chi connectivity index (χ0n) is 11.3. The molecule has 0 aromatic heterocycles. The van der Waals surface area contributed by atoms with Gasteiger partial charge in [0.1, 0.15) is 5.82 Å². The topological polar surface area (TPSA) is 35.2 Å². The van der Waals surface area contributed by atoms with Crippen LogP contribution in [0.3, 0.4) is 0 Å². The molecule has 2 N–H and O–H groups in total.